The first-order chi connectivity index (χ1) is 12.5. The Kier molecular flexibility index (Phi) is 5.68. The van der Waals surface area contributed by atoms with Crippen LogP contribution in [0.4, 0.5) is 0 Å². The van der Waals surface area contributed by atoms with Crippen molar-refractivity contribution < 1.29 is 4.79 Å². The van der Waals surface area contributed by atoms with Crippen molar-refractivity contribution in [2.24, 2.45) is 0 Å². The van der Waals surface area contributed by atoms with Crippen molar-refractivity contribution in [2.75, 3.05) is 0 Å². The Morgan fingerprint density at radius 1 is 1.19 bits per heavy atom. The molecular weight excluding hydrogens is 346 g/mol. The number of aryl methyl sites for hydroxylation is 2. The fraction of sp³-hybridized carbons (Fsp3) is 0.263. The minimum atomic E-state index is -0.311. The minimum Gasteiger partial charge on any atom is -0.351 e. The highest BCUT2D eigenvalue weighted by atomic mass is 32.2. The van der Waals surface area contributed by atoms with E-state index in [2.05, 4.69) is 26.9 Å². The predicted octanol–water partition coefficient (Wildman–Crippen LogP) is 3.08. The van der Waals surface area contributed by atoms with Gasteiger partial charge >= 0.3 is 0 Å². The van der Waals surface area contributed by atoms with Gasteiger partial charge in [-0.15, -0.1) is 5.10 Å². The summed E-state index contributed by atoms with van der Waals surface area (Å²) < 4.78 is 1.68. The number of hydrogen-bond donors (Lipinski definition) is 1. The topological polar surface area (TPSA) is 72.7 Å². The normalized spacial score (nSPS) is 12.0. The van der Waals surface area contributed by atoms with E-state index in [-0.39, 0.29) is 11.2 Å². The van der Waals surface area contributed by atoms with Gasteiger partial charge in [-0.25, -0.2) is 0 Å². The van der Waals surface area contributed by atoms with Gasteiger partial charge in [0.2, 0.25) is 11.1 Å². The molecule has 26 heavy (non-hydrogen) atoms. The van der Waals surface area contributed by atoms with Crippen LogP contribution in [0, 0.1) is 13.8 Å². The summed E-state index contributed by atoms with van der Waals surface area (Å²) in [4.78, 5) is 12.4. The van der Waals surface area contributed by atoms with Gasteiger partial charge in [0.25, 0.3) is 0 Å². The molecule has 0 unspecified atom stereocenters. The molecule has 3 aromatic rings. The third-order valence-electron chi connectivity index (χ3n) is 3.98. The van der Waals surface area contributed by atoms with Gasteiger partial charge in [0, 0.05) is 6.54 Å². The Labute approximate surface area is 157 Å². The molecule has 0 aliphatic rings. The number of aromatic nitrogens is 4. The number of tetrazole rings is 1. The van der Waals surface area contributed by atoms with Crippen molar-refractivity contribution in [3.63, 3.8) is 0 Å². The van der Waals surface area contributed by atoms with E-state index in [9.17, 15) is 4.79 Å². The van der Waals surface area contributed by atoms with Crippen LogP contribution in [0.25, 0.3) is 5.69 Å². The van der Waals surface area contributed by atoms with E-state index in [4.69, 9.17) is 0 Å². The molecule has 1 amide bonds. The van der Waals surface area contributed by atoms with Crippen LogP contribution in [-0.4, -0.2) is 31.4 Å². The van der Waals surface area contributed by atoms with Gasteiger partial charge in [-0.05, 0) is 48.4 Å². The van der Waals surface area contributed by atoms with Gasteiger partial charge in [-0.1, -0.05) is 59.8 Å². The lowest BCUT2D eigenvalue weighted by Gasteiger charge is -2.13. The maximum atomic E-state index is 12.4. The Morgan fingerprint density at radius 3 is 2.69 bits per heavy atom. The van der Waals surface area contributed by atoms with Crippen LogP contribution in [0.15, 0.2) is 53.7 Å². The molecule has 3 rings (SSSR count). The number of thioether (sulfide) groups is 1. The largest absolute Gasteiger partial charge is 0.351 e. The zero-order valence-electron chi connectivity index (χ0n) is 15.0. The second kappa shape index (κ2) is 8.14. The molecule has 0 saturated heterocycles. The molecule has 0 aliphatic carbocycles. The van der Waals surface area contributed by atoms with Crippen LogP contribution in [0.1, 0.15) is 23.6 Å². The third kappa shape index (κ3) is 4.29. The van der Waals surface area contributed by atoms with Crippen LogP contribution in [-0.2, 0) is 11.3 Å². The summed E-state index contributed by atoms with van der Waals surface area (Å²) in [5.41, 5.74) is 4.25. The highest BCUT2D eigenvalue weighted by molar-refractivity contribution is 8.00. The van der Waals surface area contributed by atoms with E-state index in [1.807, 2.05) is 63.2 Å². The summed E-state index contributed by atoms with van der Waals surface area (Å²) in [6, 6.07) is 15.9. The maximum absolute atomic E-state index is 12.4. The fourth-order valence-corrected chi connectivity index (χ4v) is 3.41. The molecule has 0 bridgehead atoms. The number of benzene rings is 2. The molecule has 2 aromatic carbocycles. The predicted molar refractivity (Wildman–Crippen MR) is 102 cm³/mol. The molecule has 0 spiro atoms. The van der Waals surface area contributed by atoms with Crippen LogP contribution in [0.5, 0.6) is 0 Å². The first kappa shape index (κ1) is 18.1. The molecule has 134 valence electrons. The summed E-state index contributed by atoms with van der Waals surface area (Å²) in [7, 11) is 0. The molecule has 0 radical (unpaired) electrons. The average molecular weight is 367 g/mol. The smallest absolute Gasteiger partial charge is 0.233 e. The summed E-state index contributed by atoms with van der Waals surface area (Å²) in [5, 5.41) is 15.2. The molecule has 1 aromatic heterocycles. The monoisotopic (exact) mass is 367 g/mol. The average Bonchev–Trinajstić information content (AvgIpc) is 3.08. The molecule has 1 N–H and O–H groups in total. The second-order valence-electron chi connectivity index (χ2n) is 6.13. The number of hydrogen-bond acceptors (Lipinski definition) is 5. The Morgan fingerprint density at radius 2 is 1.96 bits per heavy atom. The van der Waals surface area contributed by atoms with Crippen molar-refractivity contribution in [2.45, 2.75) is 37.7 Å². The van der Waals surface area contributed by atoms with E-state index in [0.29, 0.717) is 11.7 Å². The number of carbonyl (C=O) groups is 1. The number of amides is 1. The molecular formula is C19H21N5OS. The molecule has 0 aliphatic heterocycles. The quantitative estimate of drug-likeness (QED) is 0.678. The van der Waals surface area contributed by atoms with Gasteiger partial charge in [0.1, 0.15) is 0 Å². The molecule has 6 nitrogen and oxygen atoms in total. The number of carbonyl (C=O) groups excluding carboxylic acids is 1. The Bertz CT molecular complexity index is 894. The van der Waals surface area contributed by atoms with Crippen LogP contribution in [0.3, 0.4) is 0 Å². The lowest BCUT2D eigenvalue weighted by molar-refractivity contribution is -0.120. The number of nitrogens with one attached hydrogen (secondary N) is 1. The van der Waals surface area contributed by atoms with E-state index < -0.39 is 0 Å². The standard InChI is InChI=1S/C19H21N5OS/c1-13-9-10-17(14(2)11-13)24-19(21-22-23-24)26-15(3)18(25)20-12-16-7-5-4-6-8-16/h4-11,15H,12H2,1-3H3,(H,20,25)/t15-/m1/s1. The van der Waals surface area contributed by atoms with Crippen LogP contribution in [0.2, 0.25) is 0 Å². The van der Waals surface area contributed by atoms with Crippen molar-refractivity contribution in [1.82, 2.24) is 25.5 Å². The van der Waals surface area contributed by atoms with Crippen molar-refractivity contribution in [3.05, 3.63) is 65.2 Å². The van der Waals surface area contributed by atoms with E-state index in [1.54, 1.807) is 4.68 Å². The third-order valence-corrected chi connectivity index (χ3v) is 5.02. The van der Waals surface area contributed by atoms with Crippen molar-refractivity contribution >= 4 is 17.7 Å². The summed E-state index contributed by atoms with van der Waals surface area (Å²) in [5.74, 6) is -0.0472. The number of nitrogens with zero attached hydrogens (tertiary/aromatic N) is 4. The maximum Gasteiger partial charge on any atom is 0.233 e. The molecule has 7 heteroatoms. The van der Waals surface area contributed by atoms with Crippen LogP contribution >= 0.6 is 11.8 Å². The SMILES string of the molecule is Cc1ccc(-n2nnnc2S[C@H](C)C(=O)NCc2ccccc2)c(C)c1. The summed E-state index contributed by atoms with van der Waals surface area (Å²) >= 11 is 1.34. The van der Waals surface area contributed by atoms with E-state index >= 15 is 0 Å². The molecule has 1 atom stereocenters. The van der Waals surface area contributed by atoms with Gasteiger partial charge < -0.3 is 5.32 Å². The highest BCUT2D eigenvalue weighted by Gasteiger charge is 2.19. The van der Waals surface area contributed by atoms with Gasteiger partial charge in [0.15, 0.2) is 0 Å². The minimum absolute atomic E-state index is 0.0472. The summed E-state index contributed by atoms with van der Waals surface area (Å²) in [6.07, 6.45) is 0. The highest BCUT2D eigenvalue weighted by Crippen LogP contribution is 2.24. The van der Waals surface area contributed by atoms with Gasteiger partial charge in [-0.2, -0.15) is 4.68 Å². The number of rotatable bonds is 6. The molecule has 0 fully saturated rings. The first-order valence-electron chi connectivity index (χ1n) is 8.39. The van der Waals surface area contributed by atoms with E-state index in [0.717, 1.165) is 16.8 Å². The zero-order valence-corrected chi connectivity index (χ0v) is 15.8. The van der Waals surface area contributed by atoms with Gasteiger partial charge in [0.05, 0.1) is 10.9 Å². The first-order valence-corrected chi connectivity index (χ1v) is 9.27. The van der Waals surface area contributed by atoms with E-state index in [1.165, 1.54) is 17.3 Å². The lowest BCUT2D eigenvalue weighted by Crippen LogP contribution is -2.30. The fourth-order valence-electron chi connectivity index (χ4n) is 2.59. The van der Waals surface area contributed by atoms with Gasteiger partial charge in [-0.3, -0.25) is 4.79 Å². The van der Waals surface area contributed by atoms with Crippen molar-refractivity contribution in [1.29, 1.82) is 0 Å². The molecule has 0 saturated carbocycles. The lowest BCUT2D eigenvalue weighted by atomic mass is 10.1. The summed E-state index contributed by atoms with van der Waals surface area (Å²) in [6.45, 7) is 6.43. The Balaban J connectivity index is 1.67. The van der Waals surface area contributed by atoms with Crippen LogP contribution < -0.4 is 5.32 Å². The second-order valence-corrected chi connectivity index (χ2v) is 7.43. The van der Waals surface area contributed by atoms with Crippen molar-refractivity contribution in [3.8, 4) is 5.69 Å². The Hall–Kier alpha value is -2.67. The molecule has 1 heterocycles. The zero-order chi connectivity index (χ0) is 18.5.